The first kappa shape index (κ1) is 18.9. The standard InChI is InChI=1S/C22H19FN6O2/c1-29-18-13-14(25-21-20-17(26-27-21)6-4-10-24-20)8-9-15(18)22(28-29)31-12-11-30-19-7-3-2-5-16(19)23/h2-10,13H,11-12H2,1H3,(H2,25,26,27). The molecule has 8 nitrogen and oxygen atoms in total. The van der Waals surface area contributed by atoms with Gasteiger partial charge in [0.05, 0.1) is 16.4 Å². The number of rotatable bonds is 7. The molecule has 2 aromatic carbocycles. The van der Waals surface area contributed by atoms with E-state index in [9.17, 15) is 4.39 Å². The zero-order chi connectivity index (χ0) is 21.2. The minimum Gasteiger partial charge on any atom is -0.487 e. The van der Waals surface area contributed by atoms with E-state index in [-0.39, 0.29) is 19.0 Å². The highest BCUT2D eigenvalue weighted by atomic mass is 19.1. The summed E-state index contributed by atoms with van der Waals surface area (Å²) in [6, 6.07) is 15.9. The molecule has 0 atom stereocenters. The highest BCUT2D eigenvalue weighted by molar-refractivity contribution is 5.91. The molecular formula is C22H19FN6O2. The minimum absolute atomic E-state index is 0.202. The number of hydrogen-bond donors (Lipinski definition) is 2. The Kier molecular flexibility index (Phi) is 4.83. The van der Waals surface area contributed by atoms with Crippen molar-refractivity contribution in [2.75, 3.05) is 18.5 Å². The number of nitrogens with zero attached hydrogens (tertiary/aromatic N) is 4. The van der Waals surface area contributed by atoms with Crippen LogP contribution in [0.3, 0.4) is 0 Å². The lowest BCUT2D eigenvalue weighted by molar-refractivity contribution is 0.207. The maximum absolute atomic E-state index is 13.6. The summed E-state index contributed by atoms with van der Waals surface area (Å²) in [5.41, 5.74) is 3.37. The summed E-state index contributed by atoms with van der Waals surface area (Å²) in [5, 5.41) is 15.8. The molecule has 3 heterocycles. The number of pyridine rings is 1. The lowest BCUT2D eigenvalue weighted by Crippen LogP contribution is -2.10. The number of anilines is 2. The van der Waals surface area contributed by atoms with Gasteiger partial charge in [-0.15, -0.1) is 5.10 Å². The van der Waals surface area contributed by atoms with Crippen molar-refractivity contribution in [1.29, 1.82) is 0 Å². The molecule has 5 aromatic rings. The fourth-order valence-corrected chi connectivity index (χ4v) is 3.34. The van der Waals surface area contributed by atoms with Gasteiger partial charge in [0.25, 0.3) is 0 Å². The third-order valence-electron chi connectivity index (χ3n) is 4.82. The number of benzene rings is 2. The molecule has 0 bridgehead atoms. The van der Waals surface area contributed by atoms with E-state index >= 15 is 0 Å². The number of aryl methyl sites for hydroxylation is 1. The van der Waals surface area contributed by atoms with Crippen LogP contribution in [0.4, 0.5) is 15.9 Å². The average molecular weight is 418 g/mol. The first-order chi connectivity index (χ1) is 15.2. The normalized spacial score (nSPS) is 11.2. The second-order valence-electron chi connectivity index (χ2n) is 6.88. The predicted octanol–water partition coefficient (Wildman–Crippen LogP) is 4.19. The van der Waals surface area contributed by atoms with Gasteiger partial charge in [0.1, 0.15) is 18.7 Å². The molecule has 0 aliphatic heterocycles. The van der Waals surface area contributed by atoms with E-state index in [2.05, 4.69) is 25.6 Å². The van der Waals surface area contributed by atoms with Crippen molar-refractivity contribution in [2.45, 2.75) is 0 Å². The molecule has 0 spiro atoms. The lowest BCUT2D eigenvalue weighted by Gasteiger charge is -2.07. The smallest absolute Gasteiger partial charge is 0.240 e. The zero-order valence-electron chi connectivity index (χ0n) is 16.7. The summed E-state index contributed by atoms with van der Waals surface area (Å²) in [5.74, 6) is 0.950. The molecule has 0 aliphatic carbocycles. The summed E-state index contributed by atoms with van der Waals surface area (Å²) in [6.07, 6.45) is 1.73. The van der Waals surface area contributed by atoms with E-state index in [0.717, 1.165) is 27.6 Å². The van der Waals surface area contributed by atoms with E-state index < -0.39 is 5.82 Å². The van der Waals surface area contributed by atoms with Gasteiger partial charge >= 0.3 is 0 Å². The highest BCUT2D eigenvalue weighted by Gasteiger charge is 2.12. The molecule has 9 heteroatoms. The van der Waals surface area contributed by atoms with Crippen molar-refractivity contribution in [1.82, 2.24) is 25.0 Å². The third-order valence-corrected chi connectivity index (χ3v) is 4.82. The molecule has 0 saturated heterocycles. The van der Waals surface area contributed by atoms with Gasteiger partial charge in [-0.1, -0.05) is 12.1 Å². The molecule has 0 saturated carbocycles. The summed E-state index contributed by atoms with van der Waals surface area (Å²) in [6.45, 7) is 0.448. The monoisotopic (exact) mass is 418 g/mol. The van der Waals surface area contributed by atoms with Crippen LogP contribution in [0.25, 0.3) is 21.9 Å². The molecule has 0 aliphatic rings. The molecule has 0 fully saturated rings. The Morgan fingerprint density at radius 2 is 1.94 bits per heavy atom. The van der Waals surface area contributed by atoms with E-state index in [0.29, 0.717) is 11.7 Å². The van der Waals surface area contributed by atoms with Crippen molar-refractivity contribution in [2.24, 2.45) is 7.05 Å². The number of nitrogens with one attached hydrogen (secondary N) is 2. The summed E-state index contributed by atoms with van der Waals surface area (Å²) >= 11 is 0. The van der Waals surface area contributed by atoms with Gasteiger partial charge in [-0.05, 0) is 42.5 Å². The second kappa shape index (κ2) is 7.94. The van der Waals surface area contributed by atoms with Gasteiger partial charge in [-0.25, -0.2) is 4.39 Å². The number of fused-ring (bicyclic) bond motifs is 2. The molecule has 0 amide bonds. The molecule has 2 N–H and O–H groups in total. The van der Waals surface area contributed by atoms with Crippen LogP contribution in [0.5, 0.6) is 11.6 Å². The summed E-state index contributed by atoms with van der Waals surface area (Å²) < 4.78 is 26.6. The fourth-order valence-electron chi connectivity index (χ4n) is 3.34. The third kappa shape index (κ3) is 3.73. The Morgan fingerprint density at radius 1 is 1.06 bits per heavy atom. The Morgan fingerprint density at radius 3 is 2.84 bits per heavy atom. The van der Waals surface area contributed by atoms with Gasteiger partial charge in [0.15, 0.2) is 17.4 Å². The second-order valence-corrected chi connectivity index (χ2v) is 6.88. The van der Waals surface area contributed by atoms with Crippen LogP contribution >= 0.6 is 0 Å². The number of halogens is 1. The van der Waals surface area contributed by atoms with Crippen molar-refractivity contribution in [3.8, 4) is 11.6 Å². The molecule has 156 valence electrons. The zero-order valence-corrected chi connectivity index (χ0v) is 16.7. The largest absolute Gasteiger partial charge is 0.487 e. The number of aromatic amines is 1. The van der Waals surface area contributed by atoms with Gasteiger partial charge < -0.3 is 14.8 Å². The molecule has 3 aromatic heterocycles. The van der Waals surface area contributed by atoms with E-state index in [1.807, 2.05) is 37.4 Å². The molecule has 31 heavy (non-hydrogen) atoms. The van der Waals surface area contributed by atoms with Gasteiger partial charge in [-0.2, -0.15) is 5.10 Å². The topological polar surface area (TPSA) is 89.9 Å². The number of aromatic nitrogens is 5. The maximum atomic E-state index is 13.6. The Labute approximate surface area is 176 Å². The van der Waals surface area contributed by atoms with Gasteiger partial charge in [0, 0.05) is 18.9 Å². The Balaban J connectivity index is 1.29. The number of para-hydroxylation sites is 1. The van der Waals surface area contributed by atoms with Crippen molar-refractivity contribution in [3.63, 3.8) is 0 Å². The highest BCUT2D eigenvalue weighted by Crippen LogP contribution is 2.29. The van der Waals surface area contributed by atoms with Crippen molar-refractivity contribution >= 4 is 33.4 Å². The van der Waals surface area contributed by atoms with E-state index in [4.69, 9.17) is 9.47 Å². The first-order valence-corrected chi connectivity index (χ1v) is 9.72. The van der Waals surface area contributed by atoms with Crippen molar-refractivity contribution in [3.05, 3.63) is 66.6 Å². The minimum atomic E-state index is -0.397. The Hall–Kier alpha value is -4.14. The molecule has 5 rings (SSSR count). The van der Waals surface area contributed by atoms with E-state index in [1.165, 1.54) is 6.07 Å². The van der Waals surface area contributed by atoms with Gasteiger partial charge in [0.2, 0.25) is 5.88 Å². The number of H-pyrrole nitrogens is 1. The van der Waals surface area contributed by atoms with Gasteiger partial charge in [-0.3, -0.25) is 14.8 Å². The summed E-state index contributed by atoms with van der Waals surface area (Å²) in [7, 11) is 1.85. The van der Waals surface area contributed by atoms with Crippen LogP contribution in [0, 0.1) is 5.82 Å². The lowest BCUT2D eigenvalue weighted by atomic mass is 10.2. The van der Waals surface area contributed by atoms with Crippen molar-refractivity contribution < 1.29 is 13.9 Å². The SMILES string of the molecule is Cn1nc(OCCOc2ccccc2F)c2ccc(Nc3n[nH]c4cccnc34)cc21. The fraction of sp³-hybridized carbons (Fsp3) is 0.136. The Bertz CT molecular complexity index is 1360. The van der Waals surface area contributed by atoms with E-state index in [1.54, 1.807) is 29.1 Å². The average Bonchev–Trinajstić information content (AvgIpc) is 3.33. The van der Waals surface area contributed by atoms with Crippen LogP contribution in [0.15, 0.2) is 60.8 Å². The van der Waals surface area contributed by atoms with Crippen LogP contribution in [-0.2, 0) is 7.05 Å². The first-order valence-electron chi connectivity index (χ1n) is 9.72. The van der Waals surface area contributed by atoms with Crippen LogP contribution < -0.4 is 14.8 Å². The van der Waals surface area contributed by atoms with Crippen LogP contribution in [-0.4, -0.2) is 38.2 Å². The summed E-state index contributed by atoms with van der Waals surface area (Å²) in [4.78, 5) is 4.36. The quantitative estimate of drug-likeness (QED) is 0.385. The number of ether oxygens (including phenoxy) is 2. The molecular weight excluding hydrogens is 399 g/mol. The number of hydrogen-bond acceptors (Lipinski definition) is 6. The molecule has 0 unspecified atom stereocenters. The maximum Gasteiger partial charge on any atom is 0.240 e. The van der Waals surface area contributed by atoms with Crippen LogP contribution in [0.1, 0.15) is 0 Å². The predicted molar refractivity (Wildman–Crippen MR) is 115 cm³/mol. The molecule has 0 radical (unpaired) electrons. The van der Waals surface area contributed by atoms with Crippen LogP contribution in [0.2, 0.25) is 0 Å².